The second-order valence-electron chi connectivity index (χ2n) is 7.67. The molecule has 156 valence electrons. The Hall–Kier alpha value is -2.52. The predicted molar refractivity (Wildman–Crippen MR) is 112 cm³/mol. The number of hydrogen-bond donors (Lipinski definition) is 0. The van der Waals surface area contributed by atoms with Gasteiger partial charge in [0.05, 0.1) is 24.2 Å². The highest BCUT2D eigenvalue weighted by molar-refractivity contribution is 7.89. The Kier molecular flexibility index (Phi) is 4.94. The molecule has 3 heterocycles. The molecular weight excluding hydrogens is 404 g/mol. The number of rotatable bonds is 3. The van der Waals surface area contributed by atoms with Gasteiger partial charge in [0, 0.05) is 37.1 Å². The third-order valence-corrected chi connectivity index (χ3v) is 7.75. The van der Waals surface area contributed by atoms with E-state index < -0.39 is 15.6 Å². The standard InChI is InChI=1S/C22H22N2O5S/c25-22-9-6-17-12-19(7-8-21(17)29-22)30(26,27)23-10-11-24-18(13-23)14-28-15-20(24)16-4-2-1-3-5-16/h1-9,12,18,20H,10-11,13-15H2/t18-,20-/m1/s1. The van der Waals surface area contributed by atoms with E-state index in [0.29, 0.717) is 43.8 Å². The van der Waals surface area contributed by atoms with Gasteiger partial charge < -0.3 is 9.15 Å². The van der Waals surface area contributed by atoms with Crippen LogP contribution in [0.2, 0.25) is 0 Å². The smallest absolute Gasteiger partial charge is 0.336 e. The van der Waals surface area contributed by atoms with Gasteiger partial charge in [-0.15, -0.1) is 0 Å². The largest absolute Gasteiger partial charge is 0.423 e. The van der Waals surface area contributed by atoms with Crippen LogP contribution in [-0.4, -0.2) is 56.5 Å². The quantitative estimate of drug-likeness (QED) is 0.598. The number of piperazine rings is 1. The second kappa shape index (κ2) is 7.63. The number of ether oxygens (including phenoxy) is 1. The van der Waals surface area contributed by atoms with E-state index in [1.165, 1.54) is 28.1 Å². The lowest BCUT2D eigenvalue weighted by atomic mass is 10.0. The molecule has 0 unspecified atom stereocenters. The van der Waals surface area contributed by atoms with Gasteiger partial charge in [-0.05, 0) is 29.8 Å². The number of nitrogens with zero attached hydrogens (tertiary/aromatic N) is 2. The van der Waals surface area contributed by atoms with Crippen LogP contribution in [0.3, 0.4) is 0 Å². The van der Waals surface area contributed by atoms with Gasteiger partial charge in [0.1, 0.15) is 5.58 Å². The fourth-order valence-electron chi connectivity index (χ4n) is 4.35. The number of hydrogen-bond acceptors (Lipinski definition) is 6. The van der Waals surface area contributed by atoms with Crippen LogP contribution >= 0.6 is 0 Å². The van der Waals surface area contributed by atoms with Crippen molar-refractivity contribution in [3.63, 3.8) is 0 Å². The molecule has 8 heteroatoms. The van der Waals surface area contributed by atoms with Gasteiger partial charge in [-0.1, -0.05) is 30.3 Å². The van der Waals surface area contributed by atoms with Crippen molar-refractivity contribution in [2.45, 2.75) is 17.0 Å². The topological polar surface area (TPSA) is 80.1 Å². The van der Waals surface area contributed by atoms with Crippen LogP contribution in [-0.2, 0) is 14.8 Å². The second-order valence-corrected chi connectivity index (χ2v) is 9.61. The average Bonchev–Trinajstić information content (AvgIpc) is 2.78. The highest BCUT2D eigenvalue weighted by atomic mass is 32.2. The van der Waals surface area contributed by atoms with Crippen LogP contribution < -0.4 is 5.63 Å². The molecule has 2 aromatic carbocycles. The van der Waals surface area contributed by atoms with Crippen LogP contribution in [0, 0.1) is 0 Å². The molecule has 0 saturated carbocycles. The lowest BCUT2D eigenvalue weighted by Gasteiger charge is -2.47. The molecule has 30 heavy (non-hydrogen) atoms. The van der Waals surface area contributed by atoms with Gasteiger partial charge in [-0.2, -0.15) is 4.31 Å². The minimum Gasteiger partial charge on any atom is -0.423 e. The van der Waals surface area contributed by atoms with Crippen molar-refractivity contribution >= 4 is 21.0 Å². The normalized spacial score (nSPS) is 23.3. The van der Waals surface area contributed by atoms with Crippen LogP contribution in [0.4, 0.5) is 0 Å². The van der Waals surface area contributed by atoms with Crippen LogP contribution in [0.15, 0.2) is 74.8 Å². The zero-order valence-electron chi connectivity index (χ0n) is 16.3. The predicted octanol–water partition coefficient (Wildman–Crippen LogP) is 2.24. The summed E-state index contributed by atoms with van der Waals surface area (Å²) in [6, 6.07) is 17.8. The molecule has 1 aromatic heterocycles. The molecule has 2 saturated heterocycles. The van der Waals surface area contributed by atoms with Crippen molar-refractivity contribution < 1.29 is 17.6 Å². The summed E-state index contributed by atoms with van der Waals surface area (Å²) in [6.07, 6.45) is 0. The van der Waals surface area contributed by atoms with E-state index in [9.17, 15) is 13.2 Å². The number of benzene rings is 2. The first-order chi connectivity index (χ1) is 14.5. The number of morpholine rings is 1. The number of sulfonamides is 1. The van der Waals surface area contributed by atoms with E-state index in [0.717, 1.165) is 0 Å². The fraction of sp³-hybridized carbons (Fsp3) is 0.318. The van der Waals surface area contributed by atoms with Crippen LogP contribution in [0.25, 0.3) is 11.0 Å². The van der Waals surface area contributed by atoms with Crippen molar-refractivity contribution in [3.05, 3.63) is 76.6 Å². The summed E-state index contributed by atoms with van der Waals surface area (Å²) < 4.78 is 39.1. The highest BCUT2D eigenvalue weighted by Crippen LogP contribution is 2.31. The summed E-state index contributed by atoms with van der Waals surface area (Å²) in [5.74, 6) is 0. The van der Waals surface area contributed by atoms with Crippen LogP contribution in [0.1, 0.15) is 11.6 Å². The van der Waals surface area contributed by atoms with E-state index in [4.69, 9.17) is 9.15 Å². The molecule has 0 radical (unpaired) electrons. The molecule has 0 aliphatic carbocycles. The van der Waals surface area contributed by atoms with Gasteiger partial charge in [-0.25, -0.2) is 13.2 Å². The van der Waals surface area contributed by atoms with Gasteiger partial charge in [0.25, 0.3) is 0 Å². The summed E-state index contributed by atoms with van der Waals surface area (Å²) in [5, 5.41) is 0.583. The van der Waals surface area contributed by atoms with Crippen molar-refractivity contribution in [1.29, 1.82) is 0 Å². The SMILES string of the molecule is O=c1ccc2cc(S(=O)(=O)N3CCN4[C@@H](COC[C@@H]4c4ccccc4)C3)ccc2o1. The van der Waals surface area contributed by atoms with E-state index in [-0.39, 0.29) is 17.0 Å². The Balaban J connectivity index is 1.40. The monoisotopic (exact) mass is 426 g/mol. The average molecular weight is 426 g/mol. The zero-order valence-corrected chi connectivity index (χ0v) is 17.1. The highest BCUT2D eigenvalue weighted by Gasteiger charge is 2.40. The molecule has 2 fully saturated rings. The molecule has 0 amide bonds. The Morgan fingerprint density at radius 2 is 1.77 bits per heavy atom. The van der Waals surface area contributed by atoms with Gasteiger partial charge >= 0.3 is 5.63 Å². The molecule has 2 atom stereocenters. The summed E-state index contributed by atoms with van der Waals surface area (Å²) in [6.45, 7) is 2.58. The fourth-order valence-corrected chi connectivity index (χ4v) is 5.86. The first-order valence-corrected chi connectivity index (χ1v) is 11.4. The molecule has 2 aliphatic rings. The van der Waals surface area contributed by atoms with Gasteiger partial charge in [0.15, 0.2) is 0 Å². The third-order valence-electron chi connectivity index (χ3n) is 5.89. The first kappa shape index (κ1) is 19.4. The molecular formula is C22H22N2O5S. The molecule has 2 aliphatic heterocycles. The summed E-state index contributed by atoms with van der Waals surface area (Å²) >= 11 is 0. The summed E-state index contributed by atoms with van der Waals surface area (Å²) in [5.41, 5.74) is 1.10. The third kappa shape index (κ3) is 3.45. The van der Waals surface area contributed by atoms with E-state index in [2.05, 4.69) is 17.0 Å². The maximum absolute atomic E-state index is 13.3. The minimum atomic E-state index is -3.66. The molecule has 0 N–H and O–H groups in total. The maximum Gasteiger partial charge on any atom is 0.336 e. The molecule has 3 aromatic rings. The maximum atomic E-state index is 13.3. The Morgan fingerprint density at radius 1 is 0.933 bits per heavy atom. The van der Waals surface area contributed by atoms with Crippen molar-refractivity contribution in [3.8, 4) is 0 Å². The van der Waals surface area contributed by atoms with E-state index >= 15 is 0 Å². The van der Waals surface area contributed by atoms with Gasteiger partial charge in [0.2, 0.25) is 10.0 Å². The van der Waals surface area contributed by atoms with Crippen molar-refractivity contribution in [2.24, 2.45) is 0 Å². The van der Waals surface area contributed by atoms with Crippen molar-refractivity contribution in [1.82, 2.24) is 9.21 Å². The zero-order chi connectivity index (χ0) is 20.7. The summed E-state index contributed by atoms with van der Waals surface area (Å²) in [7, 11) is -3.66. The lowest BCUT2D eigenvalue weighted by molar-refractivity contribution is -0.0709. The lowest BCUT2D eigenvalue weighted by Crippen LogP contribution is -2.59. The van der Waals surface area contributed by atoms with Gasteiger partial charge in [-0.3, -0.25) is 4.90 Å². The molecule has 5 rings (SSSR count). The Morgan fingerprint density at radius 3 is 2.60 bits per heavy atom. The first-order valence-electron chi connectivity index (χ1n) is 9.95. The molecule has 7 nitrogen and oxygen atoms in total. The Labute approximate surface area is 174 Å². The molecule has 0 spiro atoms. The summed E-state index contributed by atoms with van der Waals surface area (Å²) in [4.78, 5) is 13.9. The number of fused-ring (bicyclic) bond motifs is 2. The Bertz CT molecular complexity index is 1230. The minimum absolute atomic E-state index is 0.00552. The van der Waals surface area contributed by atoms with Crippen LogP contribution in [0.5, 0.6) is 0 Å². The molecule has 0 bridgehead atoms. The van der Waals surface area contributed by atoms with E-state index in [1.54, 1.807) is 12.1 Å². The van der Waals surface area contributed by atoms with Crippen molar-refractivity contribution in [2.75, 3.05) is 32.8 Å². The van der Waals surface area contributed by atoms with E-state index in [1.807, 2.05) is 18.2 Å².